The molecule has 1 aromatic carbocycles. The number of piperazine rings is 1. The molecule has 0 bridgehead atoms. The highest BCUT2D eigenvalue weighted by Crippen LogP contribution is 2.16. The van der Waals surface area contributed by atoms with Gasteiger partial charge in [0, 0.05) is 29.2 Å². The van der Waals surface area contributed by atoms with Gasteiger partial charge in [-0.15, -0.1) is 0 Å². The van der Waals surface area contributed by atoms with Crippen LogP contribution in [0.5, 0.6) is 0 Å². The lowest BCUT2D eigenvalue weighted by atomic mass is 10.1. The van der Waals surface area contributed by atoms with Gasteiger partial charge in [0.05, 0.1) is 26.2 Å². The second-order valence-corrected chi connectivity index (χ2v) is 6.84. The molecular weight excluding hydrogens is 317 g/mol. The third-order valence-electron chi connectivity index (χ3n) is 5.26. The van der Waals surface area contributed by atoms with E-state index in [2.05, 4.69) is 23.3 Å². The monoisotopic (exact) mass is 344 g/mol. The Morgan fingerprint density at radius 3 is 2.36 bits per heavy atom. The standard InChI is InChI=1S/C20H26FN3O/c1-4-24-15(2)13-19(16(24)3)20(25)14-22-9-11-23(12-10-22)18-7-5-17(21)6-8-18/h5-8,13H,4,9-12,14H2,1-3H3/p+1. The number of hydrogen-bond acceptors (Lipinski definition) is 2. The molecule has 0 spiro atoms. The minimum atomic E-state index is -0.205. The van der Waals surface area contributed by atoms with Gasteiger partial charge in [-0.2, -0.15) is 0 Å². The van der Waals surface area contributed by atoms with Crippen LogP contribution in [0.1, 0.15) is 28.7 Å². The first-order chi connectivity index (χ1) is 12.0. The van der Waals surface area contributed by atoms with Crippen molar-refractivity contribution in [3.05, 3.63) is 53.1 Å². The van der Waals surface area contributed by atoms with Crippen LogP contribution in [0, 0.1) is 19.7 Å². The summed E-state index contributed by atoms with van der Waals surface area (Å²) in [6, 6.07) is 8.68. The van der Waals surface area contributed by atoms with Gasteiger partial charge in [-0.3, -0.25) is 4.79 Å². The summed E-state index contributed by atoms with van der Waals surface area (Å²) in [5, 5.41) is 0. The predicted molar refractivity (Wildman–Crippen MR) is 98.1 cm³/mol. The second kappa shape index (κ2) is 7.40. The van der Waals surface area contributed by atoms with Crippen LogP contribution in [-0.4, -0.2) is 43.1 Å². The van der Waals surface area contributed by atoms with Crippen molar-refractivity contribution in [2.75, 3.05) is 37.6 Å². The van der Waals surface area contributed by atoms with E-state index in [0.717, 1.165) is 55.4 Å². The van der Waals surface area contributed by atoms with Gasteiger partial charge >= 0.3 is 0 Å². The minimum absolute atomic E-state index is 0.205. The van der Waals surface area contributed by atoms with E-state index >= 15 is 0 Å². The van der Waals surface area contributed by atoms with E-state index in [1.54, 1.807) is 0 Å². The van der Waals surface area contributed by atoms with Crippen molar-refractivity contribution in [3.63, 3.8) is 0 Å². The van der Waals surface area contributed by atoms with Crippen molar-refractivity contribution in [3.8, 4) is 0 Å². The van der Waals surface area contributed by atoms with E-state index in [1.165, 1.54) is 17.0 Å². The highest BCUT2D eigenvalue weighted by atomic mass is 19.1. The summed E-state index contributed by atoms with van der Waals surface area (Å²) in [4.78, 5) is 16.3. The number of rotatable bonds is 5. The Hall–Kier alpha value is -2.14. The van der Waals surface area contributed by atoms with Crippen LogP contribution < -0.4 is 9.80 Å². The molecule has 1 fully saturated rings. The topological polar surface area (TPSA) is 29.7 Å². The number of hydrogen-bond donors (Lipinski definition) is 1. The van der Waals surface area contributed by atoms with Gasteiger partial charge in [-0.05, 0) is 51.1 Å². The zero-order valence-electron chi connectivity index (χ0n) is 15.3. The lowest BCUT2D eigenvalue weighted by molar-refractivity contribution is -0.892. The van der Waals surface area contributed by atoms with Crippen LogP contribution in [0.2, 0.25) is 0 Å². The van der Waals surface area contributed by atoms with Gasteiger partial charge in [0.25, 0.3) is 0 Å². The molecule has 0 unspecified atom stereocenters. The minimum Gasteiger partial charge on any atom is -0.360 e. The fourth-order valence-corrected chi connectivity index (χ4v) is 3.80. The van der Waals surface area contributed by atoms with Crippen LogP contribution in [0.15, 0.2) is 30.3 Å². The Labute approximate surface area is 148 Å². The van der Waals surface area contributed by atoms with Crippen LogP contribution in [0.3, 0.4) is 0 Å². The van der Waals surface area contributed by atoms with Gasteiger partial charge < -0.3 is 14.4 Å². The van der Waals surface area contributed by atoms with Gasteiger partial charge in [0.15, 0.2) is 0 Å². The maximum absolute atomic E-state index is 13.0. The number of ketones is 1. The van der Waals surface area contributed by atoms with Crippen LogP contribution >= 0.6 is 0 Å². The van der Waals surface area contributed by atoms with E-state index < -0.39 is 0 Å². The zero-order chi connectivity index (χ0) is 18.0. The summed E-state index contributed by atoms with van der Waals surface area (Å²) in [5.41, 5.74) is 4.15. The largest absolute Gasteiger partial charge is 0.360 e. The number of nitrogens with zero attached hydrogens (tertiary/aromatic N) is 2. The number of aryl methyl sites for hydroxylation is 1. The molecule has 3 rings (SSSR count). The molecule has 25 heavy (non-hydrogen) atoms. The number of halogens is 1. The van der Waals surface area contributed by atoms with E-state index in [1.807, 2.05) is 25.1 Å². The maximum atomic E-state index is 13.0. The molecule has 134 valence electrons. The van der Waals surface area contributed by atoms with E-state index in [9.17, 15) is 9.18 Å². The van der Waals surface area contributed by atoms with Crippen LogP contribution in [0.4, 0.5) is 10.1 Å². The number of Topliss-reactive ketones (excluding diaryl/α,β-unsaturated/α-hetero) is 1. The summed E-state index contributed by atoms with van der Waals surface area (Å²) in [6.07, 6.45) is 0. The molecule has 0 radical (unpaired) electrons. The molecule has 4 nitrogen and oxygen atoms in total. The van der Waals surface area contributed by atoms with Crippen molar-refractivity contribution in [2.24, 2.45) is 0 Å². The van der Waals surface area contributed by atoms with Crippen molar-refractivity contribution in [1.82, 2.24) is 4.57 Å². The Balaban J connectivity index is 1.58. The van der Waals surface area contributed by atoms with E-state index in [-0.39, 0.29) is 11.6 Å². The van der Waals surface area contributed by atoms with E-state index in [4.69, 9.17) is 0 Å². The molecule has 0 saturated carbocycles. The molecule has 1 aliphatic heterocycles. The Bertz CT molecular complexity index is 743. The Morgan fingerprint density at radius 1 is 1.16 bits per heavy atom. The summed E-state index contributed by atoms with van der Waals surface area (Å²) >= 11 is 0. The number of anilines is 1. The fraction of sp³-hybridized carbons (Fsp3) is 0.450. The molecule has 1 saturated heterocycles. The van der Waals surface area contributed by atoms with E-state index in [0.29, 0.717) is 6.54 Å². The molecule has 1 aliphatic rings. The van der Waals surface area contributed by atoms with Gasteiger partial charge in [-0.1, -0.05) is 0 Å². The average Bonchev–Trinajstić information content (AvgIpc) is 2.90. The van der Waals surface area contributed by atoms with Gasteiger partial charge in [-0.25, -0.2) is 4.39 Å². The molecule has 2 heterocycles. The highest BCUT2D eigenvalue weighted by Gasteiger charge is 2.24. The predicted octanol–water partition coefficient (Wildman–Crippen LogP) is 1.85. The molecule has 0 atom stereocenters. The van der Waals surface area contributed by atoms with Gasteiger partial charge in [0.2, 0.25) is 5.78 Å². The molecule has 0 aliphatic carbocycles. The Morgan fingerprint density at radius 2 is 1.80 bits per heavy atom. The Kier molecular flexibility index (Phi) is 5.23. The highest BCUT2D eigenvalue weighted by molar-refractivity contribution is 5.98. The van der Waals surface area contributed by atoms with Crippen molar-refractivity contribution in [1.29, 1.82) is 0 Å². The molecule has 5 heteroatoms. The zero-order valence-corrected chi connectivity index (χ0v) is 15.3. The second-order valence-electron chi connectivity index (χ2n) is 6.84. The first-order valence-corrected chi connectivity index (χ1v) is 9.03. The molecule has 0 amide bonds. The lowest BCUT2D eigenvalue weighted by Gasteiger charge is -2.33. The maximum Gasteiger partial charge on any atom is 0.218 e. The number of quaternary nitrogens is 1. The number of carbonyl (C=O) groups is 1. The first kappa shape index (κ1) is 17.7. The molecule has 2 aromatic rings. The SMILES string of the molecule is CCn1c(C)cc(C(=O)C[NH+]2CCN(c3ccc(F)cc3)CC2)c1C. The molecule has 1 aromatic heterocycles. The number of carbonyl (C=O) groups excluding carboxylic acids is 1. The number of aromatic nitrogens is 1. The molecular formula is C20H27FN3O+. The first-order valence-electron chi connectivity index (χ1n) is 9.03. The smallest absolute Gasteiger partial charge is 0.218 e. The van der Waals surface area contributed by atoms with Crippen LogP contribution in [-0.2, 0) is 6.54 Å². The number of nitrogens with one attached hydrogen (secondary N) is 1. The third kappa shape index (κ3) is 3.76. The van der Waals surface area contributed by atoms with Crippen molar-refractivity contribution in [2.45, 2.75) is 27.3 Å². The van der Waals surface area contributed by atoms with Gasteiger partial charge in [0.1, 0.15) is 12.4 Å². The third-order valence-corrected chi connectivity index (χ3v) is 5.26. The normalized spacial score (nSPS) is 15.6. The lowest BCUT2D eigenvalue weighted by Crippen LogP contribution is -3.15. The summed E-state index contributed by atoms with van der Waals surface area (Å²) < 4.78 is 15.2. The average molecular weight is 344 g/mol. The summed E-state index contributed by atoms with van der Waals surface area (Å²) in [6.45, 7) is 11.3. The molecule has 1 N–H and O–H groups in total. The van der Waals surface area contributed by atoms with Crippen molar-refractivity contribution >= 4 is 11.5 Å². The summed E-state index contributed by atoms with van der Waals surface area (Å²) in [7, 11) is 0. The summed E-state index contributed by atoms with van der Waals surface area (Å²) in [5.74, 6) is 0.0290. The van der Waals surface area contributed by atoms with Crippen molar-refractivity contribution < 1.29 is 14.1 Å². The quantitative estimate of drug-likeness (QED) is 0.839. The fourth-order valence-electron chi connectivity index (χ4n) is 3.80. The van der Waals surface area contributed by atoms with Crippen LogP contribution in [0.25, 0.3) is 0 Å². The number of benzene rings is 1.